The number of amidine groups is 1. The van der Waals surface area contributed by atoms with Crippen LogP contribution in [-0.2, 0) is 21.2 Å². The largest absolute Gasteiger partial charge is 0.388 e. The molecule has 232 valence electrons. The fraction of sp³-hybridized carbons (Fsp3) is 0.424. The molecule has 0 fully saturated rings. The van der Waals surface area contributed by atoms with E-state index >= 15 is 0 Å². The molecule has 6 nitrogen and oxygen atoms in total. The monoisotopic (exact) mass is 604 g/mol. The van der Waals surface area contributed by atoms with E-state index in [-0.39, 0.29) is 17.8 Å². The highest BCUT2D eigenvalue weighted by Crippen LogP contribution is 2.42. The van der Waals surface area contributed by atoms with Crippen molar-refractivity contribution in [2.75, 3.05) is 7.11 Å². The van der Waals surface area contributed by atoms with Crippen LogP contribution in [0.5, 0.6) is 0 Å². The molecular formula is C33H46F2N2O4S. The number of hydrogen-bond donors (Lipinski definition) is 2. The minimum absolute atomic E-state index is 0.101. The molecule has 4 rings (SSSR count). The summed E-state index contributed by atoms with van der Waals surface area (Å²) in [7, 11) is -2.24. The Morgan fingerprint density at radius 1 is 0.976 bits per heavy atom. The van der Waals surface area contributed by atoms with Crippen molar-refractivity contribution in [3.63, 3.8) is 0 Å². The average molecular weight is 605 g/mol. The number of aliphatic imine (C=N–C) groups is 1. The molecule has 0 saturated carbocycles. The first-order valence-corrected chi connectivity index (χ1v) is 15.7. The molecular weight excluding hydrogens is 558 g/mol. The van der Waals surface area contributed by atoms with Gasteiger partial charge in [-0.15, -0.1) is 0 Å². The molecule has 0 aromatic heterocycles. The van der Waals surface area contributed by atoms with E-state index in [9.17, 15) is 22.3 Å². The number of hydrogen-bond acceptors (Lipinski definition) is 6. The second kappa shape index (κ2) is 17.1. The summed E-state index contributed by atoms with van der Waals surface area (Å²) in [4.78, 5) is 4.35. The maximum absolute atomic E-state index is 14.6. The minimum Gasteiger partial charge on any atom is -0.388 e. The highest BCUT2D eigenvalue weighted by molar-refractivity contribution is 7.94. The van der Waals surface area contributed by atoms with E-state index in [0.717, 1.165) is 5.56 Å². The molecule has 3 unspecified atom stereocenters. The second-order valence-electron chi connectivity index (χ2n) is 9.80. The molecule has 0 amide bonds. The van der Waals surface area contributed by atoms with E-state index in [1.807, 2.05) is 58.0 Å². The summed E-state index contributed by atoms with van der Waals surface area (Å²) in [5.41, 5.74) is 8.42. The van der Waals surface area contributed by atoms with Crippen molar-refractivity contribution >= 4 is 15.7 Å². The second-order valence-corrected chi connectivity index (χ2v) is 12.5. The minimum atomic E-state index is -3.95. The van der Waals surface area contributed by atoms with Crippen LogP contribution in [0.4, 0.5) is 8.78 Å². The number of aryl methyl sites for hydroxylation is 1. The van der Waals surface area contributed by atoms with Gasteiger partial charge in [0.1, 0.15) is 22.2 Å². The number of nitrogens with two attached hydrogens (primary N) is 1. The van der Waals surface area contributed by atoms with Crippen LogP contribution in [0.3, 0.4) is 0 Å². The van der Waals surface area contributed by atoms with Gasteiger partial charge in [0.25, 0.3) is 0 Å². The molecule has 0 radical (unpaired) electrons. The number of methoxy groups -OCH3 is 1. The van der Waals surface area contributed by atoms with E-state index in [0.29, 0.717) is 12.2 Å². The predicted molar refractivity (Wildman–Crippen MR) is 168 cm³/mol. The van der Waals surface area contributed by atoms with Crippen LogP contribution in [0.1, 0.15) is 82.4 Å². The zero-order valence-electron chi connectivity index (χ0n) is 25.9. The molecule has 0 aliphatic carbocycles. The lowest BCUT2D eigenvalue weighted by atomic mass is 9.95. The first-order valence-electron chi connectivity index (χ1n) is 14.2. The summed E-state index contributed by atoms with van der Waals surface area (Å²) in [5.74, 6) is -1.16. The van der Waals surface area contributed by atoms with Crippen molar-refractivity contribution in [3.05, 3.63) is 107 Å². The third kappa shape index (κ3) is 9.18. The number of ether oxygens (including phenoxy) is 1. The molecule has 0 spiro atoms. The SMILES string of the molecule is CC.CC.COCc1ccccc1.Cc1ccc(F)c(C2N=C(N)C(C)(C)S(=O)(=O)C2CC(O)c2ccc(F)cc2)c1. The standard InChI is InChI=1S/C21H24F2N2O3S.C8H10O.2C2H6/c1-12-4-9-16(23)15(10-12)19-18(29(27,28)21(2,3)20(24)25-19)11-17(26)13-5-7-14(22)8-6-13;1-9-7-8-5-3-2-4-6-8;2*1-2/h4-10,17-19,26H,11H2,1-3H3,(H2,24,25);2-6H,7H2,1H3;2*1-2H3. The Hall–Kier alpha value is -3.14. The van der Waals surface area contributed by atoms with Gasteiger partial charge in [-0.05, 0) is 56.5 Å². The van der Waals surface area contributed by atoms with Gasteiger partial charge in [0.2, 0.25) is 0 Å². The van der Waals surface area contributed by atoms with E-state index in [4.69, 9.17) is 10.5 Å². The number of rotatable bonds is 6. The van der Waals surface area contributed by atoms with Crippen molar-refractivity contribution in [1.29, 1.82) is 0 Å². The predicted octanol–water partition coefficient (Wildman–Crippen LogP) is 7.26. The van der Waals surface area contributed by atoms with Crippen LogP contribution in [0, 0.1) is 18.6 Å². The highest BCUT2D eigenvalue weighted by Gasteiger charge is 2.52. The van der Waals surface area contributed by atoms with Crippen molar-refractivity contribution in [1.82, 2.24) is 0 Å². The van der Waals surface area contributed by atoms with Gasteiger partial charge in [-0.25, -0.2) is 17.2 Å². The Morgan fingerprint density at radius 2 is 1.55 bits per heavy atom. The Balaban J connectivity index is 0.000000569. The molecule has 0 bridgehead atoms. The molecule has 3 aromatic carbocycles. The van der Waals surface area contributed by atoms with E-state index in [1.54, 1.807) is 26.2 Å². The van der Waals surface area contributed by atoms with Crippen molar-refractivity contribution < 1.29 is 27.0 Å². The lowest BCUT2D eigenvalue weighted by Crippen LogP contribution is -2.55. The smallest absolute Gasteiger partial charge is 0.168 e. The Labute approximate surface area is 250 Å². The normalized spacial score (nSPS) is 18.9. The van der Waals surface area contributed by atoms with Gasteiger partial charge >= 0.3 is 0 Å². The molecule has 1 aliphatic rings. The summed E-state index contributed by atoms with van der Waals surface area (Å²) in [6.45, 7) is 13.4. The summed E-state index contributed by atoms with van der Waals surface area (Å²) in [5, 5.41) is 9.45. The molecule has 0 saturated heterocycles. The lowest BCUT2D eigenvalue weighted by Gasteiger charge is -2.39. The highest BCUT2D eigenvalue weighted by atomic mass is 32.2. The van der Waals surface area contributed by atoms with E-state index < -0.39 is 43.6 Å². The Morgan fingerprint density at radius 3 is 2.10 bits per heavy atom. The molecule has 1 heterocycles. The fourth-order valence-electron chi connectivity index (χ4n) is 4.28. The first-order chi connectivity index (χ1) is 19.9. The van der Waals surface area contributed by atoms with Crippen molar-refractivity contribution in [2.45, 2.75) is 83.6 Å². The first kappa shape index (κ1) is 36.9. The molecule has 9 heteroatoms. The molecule has 1 aliphatic heterocycles. The van der Waals surface area contributed by atoms with Gasteiger partial charge in [0.15, 0.2) is 9.84 Å². The number of aliphatic hydroxyl groups is 1. The van der Waals surface area contributed by atoms with Gasteiger partial charge in [-0.3, -0.25) is 4.99 Å². The van der Waals surface area contributed by atoms with Crippen molar-refractivity contribution in [3.8, 4) is 0 Å². The topological polar surface area (TPSA) is 102 Å². The van der Waals surface area contributed by atoms with Crippen LogP contribution in [0.15, 0.2) is 77.8 Å². The van der Waals surface area contributed by atoms with E-state index in [2.05, 4.69) is 4.99 Å². The molecule has 3 N–H and O–H groups in total. The summed E-state index contributed by atoms with van der Waals surface area (Å²) < 4.78 is 58.0. The van der Waals surface area contributed by atoms with Crippen LogP contribution >= 0.6 is 0 Å². The Bertz CT molecular complexity index is 1360. The maximum atomic E-state index is 14.6. The number of sulfone groups is 1. The fourth-order valence-corrected chi connectivity index (χ4v) is 6.36. The van der Waals surface area contributed by atoms with Crippen molar-refractivity contribution in [2.24, 2.45) is 10.7 Å². The van der Waals surface area contributed by atoms with E-state index in [1.165, 1.54) is 49.7 Å². The summed E-state index contributed by atoms with van der Waals surface area (Å²) in [6, 6.07) is 18.5. The lowest BCUT2D eigenvalue weighted by molar-refractivity contribution is 0.161. The van der Waals surface area contributed by atoms with Crippen LogP contribution < -0.4 is 5.73 Å². The van der Waals surface area contributed by atoms with Gasteiger partial charge in [0, 0.05) is 12.7 Å². The third-order valence-electron chi connectivity index (χ3n) is 6.69. The van der Waals surface area contributed by atoms with Crippen LogP contribution in [-0.4, -0.2) is 36.5 Å². The maximum Gasteiger partial charge on any atom is 0.168 e. The number of benzene rings is 3. The zero-order chi connectivity index (χ0) is 32.1. The molecule has 42 heavy (non-hydrogen) atoms. The quantitative estimate of drug-likeness (QED) is 0.308. The molecule has 3 atom stereocenters. The average Bonchev–Trinajstić information content (AvgIpc) is 2.98. The third-order valence-corrected chi connectivity index (χ3v) is 9.57. The van der Waals surface area contributed by atoms with Gasteiger partial charge < -0.3 is 15.6 Å². The number of aliphatic hydroxyl groups excluding tert-OH is 1. The van der Waals surface area contributed by atoms with Crippen LogP contribution in [0.25, 0.3) is 0 Å². The summed E-state index contributed by atoms with van der Waals surface area (Å²) in [6.07, 6.45) is -1.43. The summed E-state index contributed by atoms with van der Waals surface area (Å²) >= 11 is 0. The van der Waals surface area contributed by atoms with Gasteiger partial charge in [-0.2, -0.15) is 0 Å². The van der Waals surface area contributed by atoms with Gasteiger partial charge in [0.05, 0.1) is 24.0 Å². The van der Waals surface area contributed by atoms with Crippen LogP contribution in [0.2, 0.25) is 0 Å². The zero-order valence-corrected chi connectivity index (χ0v) is 26.8. The number of nitrogens with zero attached hydrogens (tertiary/aromatic N) is 1. The Kier molecular flexibility index (Phi) is 15.0. The molecule has 3 aromatic rings. The van der Waals surface area contributed by atoms with Gasteiger partial charge in [-0.1, -0.05) is 87.9 Å². The number of halogens is 2.